The number of hydrogen-bond donors (Lipinski definition) is 2. The van der Waals surface area contributed by atoms with E-state index in [4.69, 9.17) is 10.5 Å². The zero-order valence-corrected chi connectivity index (χ0v) is 20.1. The summed E-state index contributed by atoms with van der Waals surface area (Å²) in [5.41, 5.74) is 7.53. The van der Waals surface area contributed by atoms with Gasteiger partial charge in [-0.25, -0.2) is 17.5 Å². The Hall–Kier alpha value is -2.28. The second-order valence-electron chi connectivity index (χ2n) is 6.84. The minimum atomic E-state index is -4.89. The van der Waals surface area contributed by atoms with Crippen LogP contribution in [0.15, 0.2) is 48.5 Å². The summed E-state index contributed by atoms with van der Waals surface area (Å²) in [5.74, 6) is -2.26. The van der Waals surface area contributed by atoms with Gasteiger partial charge >= 0.3 is 35.5 Å². The molecule has 1 fully saturated rings. The maximum absolute atomic E-state index is 12.7. The Labute approximate surface area is 207 Å². The first-order valence-corrected chi connectivity index (χ1v) is 10.7. The van der Waals surface area contributed by atoms with Crippen LogP contribution >= 0.6 is 0 Å². The summed E-state index contributed by atoms with van der Waals surface area (Å²) in [5, 5.41) is 2.36. The van der Waals surface area contributed by atoms with Crippen LogP contribution in [0.4, 0.5) is 0 Å². The van der Waals surface area contributed by atoms with E-state index in [1.165, 1.54) is 0 Å². The molecule has 3 rings (SSSR count). The molecule has 2 amide bonds. The van der Waals surface area contributed by atoms with Crippen LogP contribution < -0.4 is 40.6 Å². The van der Waals surface area contributed by atoms with E-state index in [0.717, 1.165) is 5.56 Å². The number of carbonyl (C=O) groups is 3. The molecule has 32 heavy (non-hydrogen) atoms. The van der Waals surface area contributed by atoms with Gasteiger partial charge in [0.2, 0.25) is 5.91 Å². The first kappa shape index (κ1) is 26.0. The van der Waals surface area contributed by atoms with Gasteiger partial charge in [-0.15, -0.1) is 0 Å². The summed E-state index contributed by atoms with van der Waals surface area (Å²) in [6.07, 6.45) is -0.266. The molecule has 0 bridgehead atoms. The first-order valence-electron chi connectivity index (χ1n) is 9.29. The van der Waals surface area contributed by atoms with Gasteiger partial charge in [-0.2, -0.15) is 0 Å². The number of hydrogen-bond acceptors (Lipinski definition) is 8. The maximum atomic E-state index is 12.7. The fourth-order valence-electron chi connectivity index (χ4n) is 3.15. The smallest absolute Gasteiger partial charge is 0.731 e. The van der Waals surface area contributed by atoms with Gasteiger partial charge in [-0.1, -0.05) is 48.5 Å². The van der Waals surface area contributed by atoms with Gasteiger partial charge in [0.15, 0.2) is 10.3 Å². The van der Waals surface area contributed by atoms with Gasteiger partial charge in [-0.3, -0.25) is 9.59 Å². The standard InChI is InChI=1S/C20H21N3O7S.Na/c21-10-15-8-4-7-14(18(15)20(26)30-12-13-5-2-1-3-6-13)9-17(24)22-16-11-23(19(16)25)31(27,28)29;/h1-8,16H,9-12,21H2,(H,22,24)(H,27,28,29);/q;+1/p-1. The van der Waals surface area contributed by atoms with Gasteiger partial charge in [0.1, 0.15) is 12.6 Å². The third-order valence-corrected chi connectivity index (χ3v) is 5.59. The predicted octanol–water partition coefficient (Wildman–Crippen LogP) is -3.16. The Morgan fingerprint density at radius 1 is 1.12 bits per heavy atom. The molecular weight excluding hydrogens is 449 g/mol. The molecule has 2 aromatic rings. The molecule has 2 aromatic carbocycles. The molecule has 0 saturated carbocycles. The Bertz CT molecular complexity index is 1110. The quantitative estimate of drug-likeness (QED) is 0.177. The van der Waals surface area contributed by atoms with E-state index in [0.29, 0.717) is 11.1 Å². The van der Waals surface area contributed by atoms with Crippen molar-refractivity contribution in [2.75, 3.05) is 6.54 Å². The maximum Gasteiger partial charge on any atom is 1.00 e. The van der Waals surface area contributed by atoms with Crippen LogP contribution in [-0.4, -0.2) is 47.6 Å². The number of ether oxygens (including phenoxy) is 1. The van der Waals surface area contributed by atoms with E-state index in [9.17, 15) is 27.4 Å². The average molecular weight is 469 g/mol. The fraction of sp³-hybridized carbons (Fsp3) is 0.250. The topological polar surface area (TPSA) is 159 Å². The van der Waals surface area contributed by atoms with Crippen LogP contribution in [-0.2, 0) is 44.2 Å². The largest absolute Gasteiger partial charge is 1.00 e. The molecule has 1 saturated heterocycles. The van der Waals surface area contributed by atoms with E-state index in [-0.39, 0.29) is 59.0 Å². The molecule has 0 radical (unpaired) electrons. The average Bonchev–Trinajstić information content (AvgIpc) is 2.74. The molecule has 1 aliphatic heterocycles. The number of benzene rings is 2. The van der Waals surface area contributed by atoms with E-state index in [1.54, 1.807) is 30.3 Å². The van der Waals surface area contributed by atoms with E-state index >= 15 is 0 Å². The zero-order valence-electron chi connectivity index (χ0n) is 17.3. The van der Waals surface area contributed by atoms with Crippen LogP contribution in [0.25, 0.3) is 0 Å². The van der Waals surface area contributed by atoms with Crippen molar-refractivity contribution >= 4 is 28.1 Å². The Morgan fingerprint density at radius 2 is 1.78 bits per heavy atom. The monoisotopic (exact) mass is 469 g/mol. The molecular formula is C20H20N3NaO7S. The van der Waals surface area contributed by atoms with Gasteiger partial charge in [-0.05, 0) is 16.7 Å². The summed E-state index contributed by atoms with van der Waals surface area (Å²) < 4.78 is 38.1. The number of nitrogens with zero attached hydrogens (tertiary/aromatic N) is 1. The third kappa shape index (κ3) is 6.15. The molecule has 0 aromatic heterocycles. The number of rotatable bonds is 8. The van der Waals surface area contributed by atoms with Crippen LogP contribution in [0, 0.1) is 0 Å². The van der Waals surface area contributed by atoms with E-state index in [1.807, 2.05) is 18.2 Å². The normalized spacial score (nSPS) is 15.4. The molecule has 1 heterocycles. The SMILES string of the molecule is NCc1cccc(CC(=O)NC2CN(S(=O)(=O)[O-])C2=O)c1C(=O)OCc1ccccc1.[Na+]. The van der Waals surface area contributed by atoms with Crippen molar-refractivity contribution in [3.05, 3.63) is 70.8 Å². The number of nitrogens with two attached hydrogens (primary N) is 1. The van der Waals surface area contributed by atoms with E-state index in [2.05, 4.69) is 5.32 Å². The molecule has 0 aliphatic carbocycles. The van der Waals surface area contributed by atoms with Crippen molar-refractivity contribution in [3.8, 4) is 0 Å². The fourth-order valence-corrected chi connectivity index (χ4v) is 3.83. The first-order chi connectivity index (χ1) is 14.7. The van der Waals surface area contributed by atoms with Crippen LogP contribution in [0.3, 0.4) is 0 Å². The zero-order chi connectivity index (χ0) is 22.6. The van der Waals surface area contributed by atoms with Crippen molar-refractivity contribution in [3.63, 3.8) is 0 Å². The molecule has 1 atom stereocenters. The summed E-state index contributed by atoms with van der Waals surface area (Å²) in [7, 11) is -4.89. The third-order valence-electron chi connectivity index (χ3n) is 4.72. The molecule has 1 aliphatic rings. The summed E-state index contributed by atoms with van der Waals surface area (Å²) in [4.78, 5) is 36.8. The second kappa shape index (κ2) is 11.0. The van der Waals surface area contributed by atoms with Gasteiger partial charge in [0.25, 0.3) is 5.91 Å². The number of carbonyl (C=O) groups excluding carboxylic acids is 3. The minimum absolute atomic E-state index is 0. The van der Waals surface area contributed by atoms with Crippen LogP contribution in [0.2, 0.25) is 0 Å². The Kier molecular flexibility index (Phi) is 8.96. The predicted molar refractivity (Wildman–Crippen MR) is 107 cm³/mol. The van der Waals surface area contributed by atoms with Crippen molar-refractivity contribution in [1.82, 2.24) is 9.62 Å². The van der Waals surface area contributed by atoms with Gasteiger partial charge in [0.05, 0.1) is 18.5 Å². The number of β-lactam (4-membered cyclic amide) rings is 1. The van der Waals surface area contributed by atoms with Crippen molar-refractivity contribution < 1.29 is 61.6 Å². The molecule has 12 heteroatoms. The molecule has 0 spiro atoms. The number of nitrogens with one attached hydrogen (secondary N) is 1. The Morgan fingerprint density at radius 3 is 2.38 bits per heavy atom. The van der Waals surface area contributed by atoms with Crippen LogP contribution in [0.5, 0.6) is 0 Å². The van der Waals surface area contributed by atoms with Crippen molar-refractivity contribution in [1.29, 1.82) is 0 Å². The summed E-state index contributed by atoms with van der Waals surface area (Å²) in [6, 6.07) is 12.8. The minimum Gasteiger partial charge on any atom is -0.731 e. The summed E-state index contributed by atoms with van der Waals surface area (Å²) >= 11 is 0. The summed E-state index contributed by atoms with van der Waals surface area (Å²) in [6.45, 7) is -0.339. The molecule has 1 unspecified atom stereocenters. The van der Waals surface area contributed by atoms with Gasteiger partial charge in [0, 0.05) is 6.54 Å². The van der Waals surface area contributed by atoms with Crippen molar-refractivity contribution in [2.45, 2.75) is 25.6 Å². The molecule has 3 N–H and O–H groups in total. The molecule has 164 valence electrons. The molecule has 10 nitrogen and oxygen atoms in total. The van der Waals surface area contributed by atoms with Crippen LogP contribution in [0.1, 0.15) is 27.0 Å². The van der Waals surface area contributed by atoms with Gasteiger partial charge < -0.3 is 20.3 Å². The number of amides is 2. The Balaban J connectivity index is 0.00000363. The number of esters is 1. The second-order valence-corrected chi connectivity index (χ2v) is 8.14. The van der Waals surface area contributed by atoms with E-state index < -0.39 is 40.7 Å². The van der Waals surface area contributed by atoms with Crippen molar-refractivity contribution in [2.24, 2.45) is 5.73 Å².